The first kappa shape index (κ1) is 39.9. The predicted octanol–water partition coefficient (Wildman–Crippen LogP) is 2.28. The van der Waals surface area contributed by atoms with Gasteiger partial charge < -0.3 is 29.7 Å². The number of hydrogen-bond donors (Lipinski definition) is 2. The molecule has 15 heteroatoms. The van der Waals surface area contributed by atoms with Crippen molar-refractivity contribution in [3.05, 3.63) is 59.0 Å². The number of carbonyl (C=O) groups excluding carboxylic acids is 4. The van der Waals surface area contributed by atoms with Crippen LogP contribution in [0.2, 0.25) is 0 Å². The highest BCUT2D eigenvalue weighted by molar-refractivity contribution is 7.92. The monoisotopic (exact) mass is 706 g/mol. The second-order valence-corrected chi connectivity index (χ2v) is 15.4. The number of aliphatic hydroxyl groups is 1. The maximum Gasteiger partial charge on any atom is 0.368 e. The van der Waals surface area contributed by atoms with Gasteiger partial charge in [0.15, 0.2) is 9.84 Å². The van der Waals surface area contributed by atoms with E-state index in [2.05, 4.69) is 10.3 Å². The number of fused-ring (bicyclic) bond motifs is 3. The summed E-state index contributed by atoms with van der Waals surface area (Å²) in [7, 11) is -4.09. The number of rotatable bonds is 7. The summed E-state index contributed by atoms with van der Waals surface area (Å²) in [6.07, 6.45) is 5.67. The summed E-state index contributed by atoms with van der Waals surface area (Å²) in [5, 5.41) is 26.1. The number of esters is 1. The fourth-order valence-corrected chi connectivity index (χ4v) is 8.18. The smallest absolute Gasteiger partial charge is 0.368 e. The van der Waals surface area contributed by atoms with E-state index in [0.29, 0.717) is 18.7 Å². The molecule has 2 aliphatic rings. The zero-order valence-electron chi connectivity index (χ0n) is 29.2. The van der Waals surface area contributed by atoms with Gasteiger partial charge in [-0.25, -0.2) is 23.0 Å². The number of quaternary nitrogens is 1. The first-order valence-corrected chi connectivity index (χ1v) is 18.5. The van der Waals surface area contributed by atoms with Crippen molar-refractivity contribution in [3.8, 4) is 0 Å². The number of aliphatic hydroxyl groups excluding tert-OH is 1. The minimum atomic E-state index is -4.09. The molecule has 1 aromatic heterocycles. The normalized spacial score (nSPS) is 30.7. The molecule has 1 unspecified atom stereocenters. The molecule has 0 spiro atoms. The molecule has 0 aromatic carbocycles. The minimum absolute atomic E-state index is 0.177. The molecule has 2 amide bonds. The number of aromatic nitrogens is 1. The van der Waals surface area contributed by atoms with E-state index in [0.717, 1.165) is 6.26 Å². The third-order valence-electron chi connectivity index (χ3n) is 8.95. The van der Waals surface area contributed by atoms with Crippen LogP contribution in [-0.4, -0.2) is 114 Å². The second kappa shape index (κ2) is 17.4. The summed E-state index contributed by atoms with van der Waals surface area (Å²) >= 11 is 0. The molecule has 272 valence electrons. The summed E-state index contributed by atoms with van der Waals surface area (Å²) in [4.78, 5) is 59.0. The molecular formula is C34H50N4O10S. The summed E-state index contributed by atoms with van der Waals surface area (Å²) in [6.45, 7) is 11.8. The van der Waals surface area contributed by atoms with Crippen LogP contribution >= 0.6 is 0 Å². The molecule has 0 aliphatic carbocycles. The third-order valence-corrected chi connectivity index (χ3v) is 11.1. The Morgan fingerprint density at radius 2 is 1.86 bits per heavy atom. The number of carbonyl (C=O) groups is 4. The van der Waals surface area contributed by atoms with E-state index in [-0.39, 0.29) is 49.9 Å². The van der Waals surface area contributed by atoms with Crippen LogP contribution in [-0.2, 0) is 35.4 Å². The highest BCUT2D eigenvalue weighted by Crippen LogP contribution is 2.35. The molecule has 6 atom stereocenters. The Morgan fingerprint density at radius 1 is 1.16 bits per heavy atom. The van der Waals surface area contributed by atoms with Gasteiger partial charge in [0.25, 0.3) is 0 Å². The largest absolute Gasteiger partial charge is 0.624 e. The number of hydroxylamine groups is 3. The van der Waals surface area contributed by atoms with Crippen LogP contribution in [0.1, 0.15) is 70.8 Å². The number of Topliss-reactive ketones (excluding diaryl/α,β-unsaturated/α-hetero) is 1. The minimum Gasteiger partial charge on any atom is -0.624 e. The molecule has 14 nitrogen and oxygen atoms in total. The molecule has 0 saturated carbocycles. The van der Waals surface area contributed by atoms with Crippen molar-refractivity contribution < 1.29 is 46.5 Å². The number of nitrogens with zero attached hydrogens (tertiary/aromatic N) is 3. The molecule has 1 fully saturated rings. The fraction of sp³-hybridized carbons (Fsp3) is 0.618. The Kier molecular flexibility index (Phi) is 14.2. The van der Waals surface area contributed by atoms with Crippen LogP contribution < -0.4 is 5.32 Å². The molecule has 3 rings (SSSR count). The van der Waals surface area contributed by atoms with E-state index in [1.54, 1.807) is 45.9 Å². The maximum atomic E-state index is 14.5. The Morgan fingerprint density at radius 3 is 2.51 bits per heavy atom. The molecule has 2 aliphatic heterocycles. The first-order chi connectivity index (χ1) is 23.0. The van der Waals surface area contributed by atoms with Gasteiger partial charge in [-0.1, -0.05) is 64.5 Å². The summed E-state index contributed by atoms with van der Waals surface area (Å²) < 4.78 is 36.9. The van der Waals surface area contributed by atoms with Gasteiger partial charge >= 0.3 is 11.9 Å². The average molecular weight is 707 g/mol. The van der Waals surface area contributed by atoms with Gasteiger partial charge in [-0.05, 0) is 32.0 Å². The van der Waals surface area contributed by atoms with Crippen molar-refractivity contribution in [3.63, 3.8) is 0 Å². The van der Waals surface area contributed by atoms with Gasteiger partial charge in [-0.2, -0.15) is 0 Å². The van der Waals surface area contributed by atoms with Gasteiger partial charge in [0.2, 0.25) is 23.5 Å². The van der Waals surface area contributed by atoms with E-state index in [1.165, 1.54) is 12.2 Å². The highest BCUT2D eigenvalue weighted by Gasteiger charge is 2.58. The first-order valence-electron chi connectivity index (χ1n) is 16.8. The van der Waals surface area contributed by atoms with Crippen molar-refractivity contribution in [1.29, 1.82) is 0 Å². The Hall–Kier alpha value is -3.50. The molecule has 1 saturated heterocycles. The van der Waals surface area contributed by atoms with Crippen molar-refractivity contribution in [2.45, 2.75) is 84.3 Å². The van der Waals surface area contributed by atoms with Crippen molar-refractivity contribution >= 4 is 33.4 Å². The number of nitrogens with one attached hydrogen (secondary N) is 1. The predicted molar refractivity (Wildman–Crippen MR) is 181 cm³/mol. The van der Waals surface area contributed by atoms with E-state index >= 15 is 0 Å². The lowest BCUT2D eigenvalue weighted by Gasteiger charge is -2.41. The summed E-state index contributed by atoms with van der Waals surface area (Å²) in [5.41, 5.74) is 0.194. The molecule has 0 radical (unpaired) electrons. The van der Waals surface area contributed by atoms with Crippen LogP contribution in [0.3, 0.4) is 0 Å². The van der Waals surface area contributed by atoms with Crippen LogP contribution in [0.4, 0.5) is 0 Å². The fourth-order valence-electron chi connectivity index (χ4n) is 6.20. The van der Waals surface area contributed by atoms with Gasteiger partial charge in [-0.15, -0.1) is 0 Å². The van der Waals surface area contributed by atoms with Crippen molar-refractivity contribution in [2.24, 2.45) is 11.8 Å². The van der Waals surface area contributed by atoms with Gasteiger partial charge in [0.05, 0.1) is 24.8 Å². The zero-order chi connectivity index (χ0) is 36.5. The lowest BCUT2D eigenvalue weighted by Crippen LogP contribution is -2.59. The van der Waals surface area contributed by atoms with Crippen LogP contribution in [0, 0.1) is 17.0 Å². The maximum absolute atomic E-state index is 14.5. The summed E-state index contributed by atoms with van der Waals surface area (Å²) in [6, 6.07) is -1.95. The zero-order valence-corrected chi connectivity index (χ0v) is 30.0. The molecule has 2 N–H and O–H groups in total. The Bertz CT molecular complexity index is 1540. The highest BCUT2D eigenvalue weighted by atomic mass is 32.2. The summed E-state index contributed by atoms with van der Waals surface area (Å²) in [5.74, 6) is -4.56. The second-order valence-electron chi connectivity index (χ2n) is 13.0. The standard InChI is InChI=1S/C34H50N4O10S/c1-7-37(8-2)15-17-49(45,46)28-13-16-38(44)31(28)34(43)48-32(22(3)4)24(6)11-12-29(41)35-14-9-10-23(5)18-25(39)19-26(40)20-30-36-27(21-47-30)33(38)42/h9-12,18,21-22,24-25,28,31-32,39H,7-8,13-17,19-20H2,1-6H3,(H,35,41)/b10-9+,12-11+,23-18+/t24-,25-,28-,31-,32-,38?/m1/s1. The van der Waals surface area contributed by atoms with Gasteiger partial charge in [0, 0.05) is 31.8 Å². The van der Waals surface area contributed by atoms with Gasteiger partial charge in [0.1, 0.15) is 23.4 Å². The van der Waals surface area contributed by atoms with Crippen LogP contribution in [0.25, 0.3) is 0 Å². The average Bonchev–Trinajstić information content (AvgIpc) is 3.65. The number of sulfone groups is 1. The van der Waals surface area contributed by atoms with Crippen LogP contribution in [0.15, 0.2) is 46.6 Å². The number of hydrogen-bond acceptors (Lipinski definition) is 12. The SMILES string of the molecule is CCN(CC)CCS(=O)(=O)[C@@H]1CC[N+]2([O-])C(=O)c3coc(n3)CC(=O)C[C@H](O)/C=C(C)/C=C/CNC(=O)/C=C/[C@@H](C)[C@@H](C(C)C)OC(=O)[C@@H]12. The van der Waals surface area contributed by atoms with E-state index < -0.39 is 79.7 Å². The quantitative estimate of drug-likeness (QED) is 0.239. The molecule has 2 bridgehead atoms. The van der Waals surface area contributed by atoms with Crippen LogP contribution in [0.5, 0.6) is 0 Å². The number of ether oxygens (including phenoxy) is 1. The lowest BCUT2D eigenvalue weighted by molar-refractivity contribution is -0.801. The van der Waals surface area contributed by atoms with E-state index in [9.17, 15) is 37.9 Å². The molecule has 1 aromatic rings. The lowest BCUT2D eigenvalue weighted by atomic mass is 9.94. The molecule has 3 heterocycles. The number of allylic oxidation sites excluding steroid dienone is 2. The number of cyclic esters (lactones) is 1. The van der Waals surface area contributed by atoms with Crippen molar-refractivity contribution in [1.82, 2.24) is 15.2 Å². The molecule has 49 heavy (non-hydrogen) atoms. The Balaban J connectivity index is 2.05. The third kappa shape index (κ3) is 10.5. The van der Waals surface area contributed by atoms with Gasteiger partial charge in [-0.3, -0.25) is 14.2 Å². The number of amides is 2. The van der Waals surface area contributed by atoms with Crippen molar-refractivity contribution in [2.75, 3.05) is 38.5 Å². The molecular weight excluding hydrogens is 656 g/mol. The number of ketones is 1. The van der Waals surface area contributed by atoms with E-state index in [4.69, 9.17) is 9.15 Å². The Labute approximate surface area is 288 Å². The van der Waals surface area contributed by atoms with E-state index in [1.807, 2.05) is 18.7 Å². The topological polar surface area (TPSA) is 196 Å². The number of oxazole rings is 1.